The van der Waals surface area contributed by atoms with Gasteiger partial charge in [0.2, 0.25) is 0 Å². The molecule has 5 nitrogen and oxygen atoms in total. The molecule has 0 amide bonds. The van der Waals surface area contributed by atoms with Gasteiger partial charge in [0.25, 0.3) is 0 Å². The summed E-state index contributed by atoms with van der Waals surface area (Å²) in [4.78, 5) is 24.2. The van der Waals surface area contributed by atoms with Crippen molar-refractivity contribution in [3.05, 3.63) is 72.9 Å². The Morgan fingerprint density at radius 3 is 1.38 bits per heavy atom. The lowest BCUT2D eigenvalue weighted by molar-refractivity contribution is -0.160. The van der Waals surface area contributed by atoms with Crippen LogP contribution in [0.25, 0.3) is 0 Å². The van der Waals surface area contributed by atoms with Crippen molar-refractivity contribution in [1.29, 1.82) is 0 Å². The second kappa shape index (κ2) is 40.8. The zero-order chi connectivity index (χ0) is 36.4. The molecule has 50 heavy (non-hydrogen) atoms. The minimum atomic E-state index is -0.829. The van der Waals surface area contributed by atoms with E-state index in [4.69, 9.17) is 9.47 Å². The zero-order valence-corrected chi connectivity index (χ0v) is 32.4. The fourth-order valence-electron chi connectivity index (χ4n) is 5.45. The van der Waals surface area contributed by atoms with Crippen LogP contribution in [0.2, 0.25) is 0 Å². The molecule has 0 heterocycles. The molecule has 0 fully saturated rings. The summed E-state index contributed by atoms with van der Waals surface area (Å²) in [6, 6.07) is 0. The molecule has 0 radical (unpaired) electrons. The highest BCUT2D eigenvalue weighted by atomic mass is 16.6. The lowest BCUT2D eigenvalue weighted by atomic mass is 10.1. The fourth-order valence-corrected chi connectivity index (χ4v) is 5.45. The summed E-state index contributed by atoms with van der Waals surface area (Å²) in [6.45, 7) is 3.93. The highest BCUT2D eigenvalue weighted by molar-refractivity contribution is 5.71. The molecule has 5 heteroatoms. The van der Waals surface area contributed by atoms with E-state index in [1.54, 1.807) is 6.08 Å². The number of unbranched alkanes of at least 4 members (excludes halogenated alkanes) is 17. The van der Waals surface area contributed by atoms with Gasteiger partial charge in [0.15, 0.2) is 6.10 Å². The molecule has 1 N–H and O–H groups in total. The maximum Gasteiger partial charge on any atom is 0.310 e. The number of allylic oxidation sites excluding steroid dienone is 11. The first kappa shape index (κ1) is 47.3. The summed E-state index contributed by atoms with van der Waals surface area (Å²) >= 11 is 0. The highest BCUT2D eigenvalue weighted by Gasteiger charge is 2.15. The van der Waals surface area contributed by atoms with Gasteiger partial charge in [-0.15, -0.1) is 0 Å². The molecule has 0 aliphatic rings. The molecule has 0 aromatic heterocycles. The van der Waals surface area contributed by atoms with Crippen LogP contribution in [0.1, 0.15) is 181 Å². The predicted octanol–water partition coefficient (Wildman–Crippen LogP) is 13.0. The third-order valence-electron chi connectivity index (χ3n) is 8.52. The number of ether oxygens (including phenoxy) is 2. The highest BCUT2D eigenvalue weighted by Crippen LogP contribution is 2.13. The first-order valence-electron chi connectivity index (χ1n) is 20.5. The minimum Gasteiger partial charge on any atom is -0.462 e. The van der Waals surface area contributed by atoms with E-state index in [0.29, 0.717) is 6.42 Å². The fraction of sp³-hybridized carbons (Fsp3) is 0.689. The number of aliphatic hydroxyl groups excluding tert-OH is 1. The van der Waals surface area contributed by atoms with Crippen LogP contribution in [0.3, 0.4) is 0 Å². The number of hydrogen-bond donors (Lipinski definition) is 1. The summed E-state index contributed by atoms with van der Waals surface area (Å²) in [6.07, 6.45) is 54.2. The van der Waals surface area contributed by atoms with Crippen molar-refractivity contribution in [3.8, 4) is 0 Å². The number of esters is 2. The van der Waals surface area contributed by atoms with Gasteiger partial charge in [0.05, 0.1) is 13.0 Å². The molecular weight excluding hydrogens is 620 g/mol. The number of aliphatic hydroxyl groups is 1. The van der Waals surface area contributed by atoms with E-state index in [1.807, 2.05) is 6.08 Å². The van der Waals surface area contributed by atoms with Crippen LogP contribution in [-0.2, 0) is 19.1 Å². The number of rotatable bonds is 36. The lowest BCUT2D eigenvalue weighted by Gasteiger charge is -2.15. The summed E-state index contributed by atoms with van der Waals surface area (Å²) in [5, 5.41) is 9.54. The molecule has 0 saturated heterocycles. The summed E-state index contributed by atoms with van der Waals surface area (Å²) < 4.78 is 10.5. The van der Waals surface area contributed by atoms with Gasteiger partial charge in [0, 0.05) is 6.42 Å². The summed E-state index contributed by atoms with van der Waals surface area (Å²) in [7, 11) is 0. The third-order valence-corrected chi connectivity index (χ3v) is 8.52. The van der Waals surface area contributed by atoms with E-state index >= 15 is 0 Å². The Labute approximate surface area is 308 Å². The Kier molecular flexibility index (Phi) is 38.6. The number of carbonyl (C=O) groups is 2. The van der Waals surface area contributed by atoms with E-state index in [2.05, 4.69) is 74.6 Å². The molecular formula is C45H76O5. The van der Waals surface area contributed by atoms with E-state index in [-0.39, 0.29) is 25.6 Å². The largest absolute Gasteiger partial charge is 0.462 e. The SMILES string of the molecule is CC/C=C\C/C=C\C/C=C\C/C=C\C/C=C\CC(=O)OC(CO)COC(=O)CCCCCCCCCCC/C=C\CCCCCCCCCC. The molecule has 0 aliphatic carbocycles. The second-order valence-corrected chi connectivity index (χ2v) is 13.3. The van der Waals surface area contributed by atoms with Crippen molar-refractivity contribution in [3.63, 3.8) is 0 Å². The van der Waals surface area contributed by atoms with Crippen molar-refractivity contribution < 1.29 is 24.2 Å². The van der Waals surface area contributed by atoms with Crippen molar-refractivity contribution in [1.82, 2.24) is 0 Å². The average Bonchev–Trinajstić information content (AvgIpc) is 3.12. The van der Waals surface area contributed by atoms with Gasteiger partial charge in [-0.2, -0.15) is 0 Å². The molecule has 0 rings (SSSR count). The van der Waals surface area contributed by atoms with Crippen LogP contribution < -0.4 is 0 Å². The van der Waals surface area contributed by atoms with Gasteiger partial charge in [-0.1, -0.05) is 177 Å². The Bertz CT molecular complexity index is 926. The molecule has 0 aliphatic heterocycles. The van der Waals surface area contributed by atoms with E-state index in [1.165, 1.54) is 103 Å². The van der Waals surface area contributed by atoms with Gasteiger partial charge in [-0.05, 0) is 64.2 Å². The van der Waals surface area contributed by atoms with Crippen LogP contribution in [0.4, 0.5) is 0 Å². The molecule has 0 aromatic carbocycles. The summed E-state index contributed by atoms with van der Waals surface area (Å²) in [5.74, 6) is -0.744. The molecule has 0 aromatic rings. The first-order valence-corrected chi connectivity index (χ1v) is 20.5. The standard InChI is InChI=1S/C45H76O5/c1-3-5-7-9-11-13-15-17-19-20-21-22-23-24-26-27-29-31-33-35-37-39-44(47)49-42-43(41-46)50-45(48)40-38-36-34-32-30-28-25-18-16-14-12-10-8-6-4-2/h6,8,12,14,18,20-21,25,30,32,36,38,43,46H,3-5,7,9-11,13,15-17,19,22-24,26-29,31,33-35,37,39-42H2,1-2H3/b8-6-,14-12-,21-20-,25-18-,32-30-,38-36-. The number of hydrogen-bond acceptors (Lipinski definition) is 5. The van der Waals surface area contributed by atoms with Gasteiger partial charge in [-0.25, -0.2) is 0 Å². The van der Waals surface area contributed by atoms with Gasteiger partial charge in [0.1, 0.15) is 6.61 Å². The van der Waals surface area contributed by atoms with Crippen LogP contribution in [-0.4, -0.2) is 36.4 Å². The van der Waals surface area contributed by atoms with E-state index in [9.17, 15) is 14.7 Å². The third kappa shape index (κ3) is 38.1. The Balaban J connectivity index is 3.64. The molecule has 0 bridgehead atoms. The van der Waals surface area contributed by atoms with Crippen LogP contribution in [0.15, 0.2) is 72.9 Å². The molecule has 1 unspecified atom stereocenters. The smallest absolute Gasteiger partial charge is 0.310 e. The van der Waals surface area contributed by atoms with Crippen molar-refractivity contribution in [2.75, 3.05) is 13.2 Å². The van der Waals surface area contributed by atoms with Crippen LogP contribution in [0.5, 0.6) is 0 Å². The Hall–Kier alpha value is -2.66. The summed E-state index contributed by atoms with van der Waals surface area (Å²) in [5.41, 5.74) is 0. The van der Waals surface area contributed by atoms with Crippen molar-refractivity contribution in [2.24, 2.45) is 0 Å². The molecule has 0 spiro atoms. The maximum absolute atomic E-state index is 12.1. The molecule has 1 atom stereocenters. The molecule has 0 saturated carbocycles. The van der Waals surface area contributed by atoms with Crippen LogP contribution >= 0.6 is 0 Å². The van der Waals surface area contributed by atoms with Gasteiger partial charge < -0.3 is 14.6 Å². The second-order valence-electron chi connectivity index (χ2n) is 13.3. The normalized spacial score (nSPS) is 12.9. The zero-order valence-electron chi connectivity index (χ0n) is 32.4. The Morgan fingerprint density at radius 1 is 0.500 bits per heavy atom. The monoisotopic (exact) mass is 697 g/mol. The van der Waals surface area contributed by atoms with Gasteiger partial charge >= 0.3 is 11.9 Å². The number of carbonyl (C=O) groups excluding carboxylic acids is 2. The minimum absolute atomic E-state index is 0.109. The van der Waals surface area contributed by atoms with Gasteiger partial charge in [-0.3, -0.25) is 9.59 Å². The van der Waals surface area contributed by atoms with E-state index < -0.39 is 12.1 Å². The quantitative estimate of drug-likeness (QED) is 0.0401. The average molecular weight is 697 g/mol. The molecule has 286 valence electrons. The first-order chi connectivity index (χ1) is 24.6. The predicted molar refractivity (Wildman–Crippen MR) is 214 cm³/mol. The lowest BCUT2D eigenvalue weighted by Crippen LogP contribution is -2.28. The van der Waals surface area contributed by atoms with Crippen molar-refractivity contribution >= 4 is 11.9 Å². The Morgan fingerprint density at radius 2 is 0.920 bits per heavy atom. The van der Waals surface area contributed by atoms with Crippen LogP contribution in [0, 0.1) is 0 Å². The van der Waals surface area contributed by atoms with E-state index in [0.717, 1.165) is 51.4 Å². The van der Waals surface area contributed by atoms with Crippen molar-refractivity contribution in [2.45, 2.75) is 187 Å². The maximum atomic E-state index is 12.1. The topological polar surface area (TPSA) is 72.8 Å².